The van der Waals surface area contributed by atoms with E-state index >= 15 is 0 Å². The molecule has 0 saturated heterocycles. The molecule has 17 heavy (non-hydrogen) atoms. The van der Waals surface area contributed by atoms with Crippen molar-refractivity contribution in [2.24, 2.45) is 5.92 Å². The number of carboxylic acids is 1. The largest absolute Gasteiger partial charge is 0.478 e. The maximum Gasteiger partial charge on any atom is 0.328 e. The Bertz CT molecular complexity index is 448. The van der Waals surface area contributed by atoms with Crippen molar-refractivity contribution in [3.63, 3.8) is 0 Å². The first-order valence-corrected chi connectivity index (χ1v) is 5.60. The number of carbonyl (C=O) groups is 1. The average Bonchev–Trinajstić information content (AvgIpc) is 2.19. The Kier molecular flexibility index (Phi) is 4.44. The Labute approximate surface area is 101 Å². The first kappa shape index (κ1) is 13.4. The first-order chi connectivity index (χ1) is 7.90. The summed E-state index contributed by atoms with van der Waals surface area (Å²) in [4.78, 5) is 10.8. The van der Waals surface area contributed by atoms with Gasteiger partial charge in [-0.2, -0.15) is 0 Å². The van der Waals surface area contributed by atoms with Crippen molar-refractivity contribution in [3.05, 3.63) is 41.2 Å². The fourth-order valence-corrected chi connectivity index (χ4v) is 1.69. The molecule has 1 rings (SSSR count). The molecule has 0 radical (unpaired) electrons. The molecule has 0 amide bonds. The van der Waals surface area contributed by atoms with Crippen LogP contribution in [0.25, 0.3) is 5.57 Å². The molecule has 0 atom stereocenters. The molecule has 0 fully saturated rings. The molecule has 92 valence electrons. The Morgan fingerprint density at radius 1 is 1.47 bits per heavy atom. The van der Waals surface area contributed by atoms with Gasteiger partial charge in [-0.05, 0) is 48.1 Å². The van der Waals surface area contributed by atoms with Gasteiger partial charge in [0.1, 0.15) is 5.82 Å². The van der Waals surface area contributed by atoms with Gasteiger partial charge in [0.25, 0.3) is 0 Å². The van der Waals surface area contributed by atoms with Crippen LogP contribution in [0.15, 0.2) is 24.3 Å². The lowest BCUT2D eigenvalue weighted by Gasteiger charge is -2.11. The van der Waals surface area contributed by atoms with Crippen molar-refractivity contribution in [2.45, 2.75) is 27.2 Å². The Morgan fingerprint density at radius 2 is 2.12 bits per heavy atom. The fourth-order valence-electron chi connectivity index (χ4n) is 1.69. The van der Waals surface area contributed by atoms with Gasteiger partial charge in [-0.3, -0.25) is 0 Å². The predicted molar refractivity (Wildman–Crippen MR) is 66.2 cm³/mol. The third-order valence-electron chi connectivity index (χ3n) is 2.45. The van der Waals surface area contributed by atoms with Crippen molar-refractivity contribution in [3.8, 4) is 0 Å². The molecule has 0 aliphatic carbocycles. The highest BCUT2D eigenvalue weighted by molar-refractivity contribution is 5.90. The van der Waals surface area contributed by atoms with Gasteiger partial charge < -0.3 is 5.11 Å². The normalized spacial score (nSPS) is 11.9. The van der Waals surface area contributed by atoms with Crippen molar-refractivity contribution in [1.29, 1.82) is 0 Å². The molecule has 2 nitrogen and oxygen atoms in total. The molecule has 0 bridgehead atoms. The summed E-state index contributed by atoms with van der Waals surface area (Å²) in [7, 11) is 0. The molecular formula is C14H17FO2. The zero-order valence-electron chi connectivity index (χ0n) is 10.3. The molecule has 0 heterocycles. The zero-order chi connectivity index (χ0) is 13.0. The number of aliphatic carboxylic acids is 1. The summed E-state index contributed by atoms with van der Waals surface area (Å²) in [5.74, 6) is -0.887. The van der Waals surface area contributed by atoms with E-state index in [2.05, 4.69) is 0 Å². The number of rotatable bonds is 4. The van der Waals surface area contributed by atoms with Crippen LogP contribution in [0.5, 0.6) is 0 Å². The van der Waals surface area contributed by atoms with Crippen LogP contribution in [0, 0.1) is 18.7 Å². The molecule has 3 heteroatoms. The number of benzene rings is 1. The molecule has 0 aliphatic rings. The molecule has 1 aromatic carbocycles. The van der Waals surface area contributed by atoms with E-state index in [1.165, 1.54) is 12.1 Å². The maximum atomic E-state index is 13.2. The van der Waals surface area contributed by atoms with Gasteiger partial charge in [0.2, 0.25) is 0 Å². The van der Waals surface area contributed by atoms with E-state index in [0.29, 0.717) is 17.9 Å². The van der Waals surface area contributed by atoms with E-state index < -0.39 is 5.97 Å². The Balaban J connectivity index is 3.13. The molecule has 0 aromatic heterocycles. The highest BCUT2D eigenvalue weighted by atomic mass is 19.1. The smallest absolute Gasteiger partial charge is 0.328 e. The topological polar surface area (TPSA) is 37.3 Å². The summed E-state index contributed by atoms with van der Waals surface area (Å²) >= 11 is 0. The third-order valence-corrected chi connectivity index (χ3v) is 2.45. The lowest BCUT2D eigenvalue weighted by Crippen LogP contribution is -1.98. The summed E-state index contributed by atoms with van der Waals surface area (Å²) < 4.78 is 13.2. The van der Waals surface area contributed by atoms with Crippen molar-refractivity contribution < 1.29 is 14.3 Å². The molecular weight excluding hydrogens is 219 g/mol. The van der Waals surface area contributed by atoms with E-state index in [0.717, 1.165) is 11.1 Å². The first-order valence-electron chi connectivity index (χ1n) is 5.60. The minimum absolute atomic E-state index is 0.270. The van der Waals surface area contributed by atoms with Crippen LogP contribution in [0.4, 0.5) is 4.39 Å². The van der Waals surface area contributed by atoms with Crippen LogP contribution < -0.4 is 0 Å². The van der Waals surface area contributed by atoms with Crippen molar-refractivity contribution in [2.75, 3.05) is 0 Å². The van der Waals surface area contributed by atoms with Gasteiger partial charge in [0.15, 0.2) is 0 Å². The Hall–Kier alpha value is -1.64. The summed E-state index contributed by atoms with van der Waals surface area (Å²) in [5.41, 5.74) is 2.04. The van der Waals surface area contributed by atoms with Gasteiger partial charge in [-0.15, -0.1) is 0 Å². The van der Waals surface area contributed by atoms with E-state index in [9.17, 15) is 9.18 Å². The maximum absolute atomic E-state index is 13.2. The zero-order valence-corrected chi connectivity index (χ0v) is 10.3. The molecule has 0 saturated carbocycles. The lowest BCUT2D eigenvalue weighted by molar-refractivity contribution is -0.131. The Morgan fingerprint density at radius 3 is 2.59 bits per heavy atom. The quantitative estimate of drug-likeness (QED) is 0.810. The monoisotopic (exact) mass is 236 g/mol. The van der Waals surface area contributed by atoms with E-state index in [1.807, 2.05) is 13.8 Å². The summed E-state index contributed by atoms with van der Waals surface area (Å²) in [6.07, 6.45) is 1.87. The predicted octanol–water partition coefficient (Wildman–Crippen LogP) is 3.65. The SMILES string of the molecule is Cc1cc(/C(=C/C(=O)O)CC(C)C)ccc1F. The summed E-state index contributed by atoms with van der Waals surface area (Å²) in [6.45, 7) is 5.71. The number of halogens is 1. The van der Waals surface area contributed by atoms with Gasteiger partial charge in [0.05, 0.1) is 0 Å². The van der Waals surface area contributed by atoms with Crippen LogP contribution in [-0.4, -0.2) is 11.1 Å². The highest BCUT2D eigenvalue weighted by Gasteiger charge is 2.08. The van der Waals surface area contributed by atoms with Crippen LogP contribution in [0.2, 0.25) is 0 Å². The minimum Gasteiger partial charge on any atom is -0.478 e. The number of allylic oxidation sites excluding steroid dienone is 1. The number of carboxylic acid groups (broad SMARTS) is 1. The van der Waals surface area contributed by atoms with Crippen molar-refractivity contribution in [1.82, 2.24) is 0 Å². The number of hydrogen-bond acceptors (Lipinski definition) is 1. The fraction of sp³-hybridized carbons (Fsp3) is 0.357. The van der Waals surface area contributed by atoms with Crippen LogP contribution in [-0.2, 0) is 4.79 Å². The van der Waals surface area contributed by atoms with Crippen LogP contribution in [0.1, 0.15) is 31.4 Å². The van der Waals surface area contributed by atoms with E-state index in [1.54, 1.807) is 19.1 Å². The lowest BCUT2D eigenvalue weighted by atomic mass is 9.95. The molecule has 1 N–H and O–H groups in total. The third kappa shape index (κ3) is 4.02. The highest BCUT2D eigenvalue weighted by Crippen LogP contribution is 2.24. The van der Waals surface area contributed by atoms with Crippen LogP contribution in [0.3, 0.4) is 0 Å². The molecule has 0 aliphatic heterocycles. The molecule has 1 aromatic rings. The number of hydrogen-bond donors (Lipinski definition) is 1. The second-order valence-corrected chi connectivity index (χ2v) is 4.57. The van der Waals surface area contributed by atoms with Crippen LogP contribution >= 0.6 is 0 Å². The average molecular weight is 236 g/mol. The van der Waals surface area contributed by atoms with E-state index in [4.69, 9.17) is 5.11 Å². The van der Waals surface area contributed by atoms with Gasteiger partial charge in [-0.1, -0.05) is 19.9 Å². The molecule has 0 unspecified atom stereocenters. The second kappa shape index (κ2) is 5.62. The van der Waals surface area contributed by atoms with Gasteiger partial charge in [-0.25, -0.2) is 9.18 Å². The van der Waals surface area contributed by atoms with Gasteiger partial charge >= 0.3 is 5.97 Å². The summed E-state index contributed by atoms with van der Waals surface area (Å²) in [5, 5.41) is 8.83. The minimum atomic E-state index is -0.970. The van der Waals surface area contributed by atoms with Crippen molar-refractivity contribution >= 4 is 11.5 Å². The molecule has 0 spiro atoms. The van der Waals surface area contributed by atoms with E-state index in [-0.39, 0.29) is 5.82 Å². The van der Waals surface area contributed by atoms with Gasteiger partial charge in [0, 0.05) is 6.08 Å². The standard InChI is InChI=1S/C14H17FO2/c1-9(2)6-12(8-14(16)17)11-4-5-13(15)10(3)7-11/h4-5,7-9H,6H2,1-3H3,(H,16,17)/b12-8+. The number of aryl methyl sites for hydroxylation is 1. The summed E-state index contributed by atoms with van der Waals surface area (Å²) in [6, 6.07) is 4.69. The second-order valence-electron chi connectivity index (χ2n) is 4.57.